The van der Waals surface area contributed by atoms with Gasteiger partial charge in [-0.25, -0.2) is 0 Å². The van der Waals surface area contributed by atoms with Crippen LogP contribution >= 0.6 is 0 Å². The maximum absolute atomic E-state index is 5.93. The summed E-state index contributed by atoms with van der Waals surface area (Å²) in [4.78, 5) is 9.27. The molecule has 0 spiro atoms. The second-order valence-corrected chi connectivity index (χ2v) is 5.47. The van der Waals surface area contributed by atoms with Crippen molar-refractivity contribution in [1.29, 1.82) is 0 Å². The Morgan fingerprint density at radius 2 is 2.05 bits per heavy atom. The van der Waals surface area contributed by atoms with Crippen molar-refractivity contribution in [2.75, 3.05) is 36.8 Å². The molecule has 2 aromatic rings. The van der Waals surface area contributed by atoms with Gasteiger partial charge < -0.3 is 15.1 Å². The number of anilines is 2. The van der Waals surface area contributed by atoms with E-state index in [4.69, 9.17) is 10.2 Å². The third-order valence-electron chi connectivity index (χ3n) is 4.24. The maximum Gasteiger partial charge on any atom is 0.298 e. The van der Waals surface area contributed by atoms with Gasteiger partial charge >= 0.3 is 0 Å². The number of hydrogen-bond donors (Lipinski definition) is 1. The average molecular weight is 274 g/mol. The fraction of sp³-hybridized carbons (Fsp3) is 0.533. The fourth-order valence-corrected chi connectivity index (χ4v) is 2.71. The lowest BCUT2D eigenvalue weighted by Crippen LogP contribution is -2.49. The van der Waals surface area contributed by atoms with Crippen LogP contribution in [-0.4, -0.2) is 42.1 Å². The van der Waals surface area contributed by atoms with Crippen molar-refractivity contribution in [3.05, 3.63) is 18.2 Å². The van der Waals surface area contributed by atoms with Crippen molar-refractivity contribution < 1.29 is 4.42 Å². The van der Waals surface area contributed by atoms with Crippen molar-refractivity contribution in [3.63, 3.8) is 0 Å². The summed E-state index contributed by atoms with van der Waals surface area (Å²) in [6.45, 7) is 8.55. The van der Waals surface area contributed by atoms with E-state index in [1.54, 1.807) is 0 Å². The number of nitrogen functional groups attached to an aromatic ring is 1. The van der Waals surface area contributed by atoms with E-state index in [0.29, 0.717) is 17.7 Å². The standard InChI is InChI=1S/C15H22N4O/c1-3-11(2)18-7-9-19(10-8-18)15-17-14-12(16)5-4-6-13(14)20-15/h4-6,11H,3,7-10,16H2,1-2H3. The Balaban J connectivity index is 1.75. The molecule has 2 heterocycles. The first-order valence-electron chi connectivity index (χ1n) is 7.33. The number of nitrogens with zero attached hydrogens (tertiary/aromatic N) is 3. The molecule has 2 N–H and O–H groups in total. The average Bonchev–Trinajstić information content (AvgIpc) is 2.92. The van der Waals surface area contributed by atoms with Crippen molar-refractivity contribution in [1.82, 2.24) is 9.88 Å². The van der Waals surface area contributed by atoms with Gasteiger partial charge in [-0.15, -0.1) is 0 Å². The molecule has 3 rings (SSSR count). The van der Waals surface area contributed by atoms with Crippen molar-refractivity contribution in [2.24, 2.45) is 0 Å². The largest absolute Gasteiger partial charge is 0.423 e. The number of aromatic nitrogens is 1. The van der Waals surface area contributed by atoms with Crippen LogP contribution in [0, 0.1) is 0 Å². The van der Waals surface area contributed by atoms with Crippen molar-refractivity contribution in [2.45, 2.75) is 26.3 Å². The van der Waals surface area contributed by atoms with E-state index >= 15 is 0 Å². The highest BCUT2D eigenvalue weighted by molar-refractivity contribution is 5.86. The number of nitrogens with two attached hydrogens (primary N) is 1. The van der Waals surface area contributed by atoms with Crippen LogP contribution in [0.1, 0.15) is 20.3 Å². The second-order valence-electron chi connectivity index (χ2n) is 5.47. The summed E-state index contributed by atoms with van der Waals surface area (Å²) in [5.74, 6) is 0. The molecule has 108 valence electrons. The molecule has 0 aliphatic carbocycles. The molecule has 0 saturated carbocycles. The van der Waals surface area contributed by atoms with E-state index in [2.05, 4.69) is 28.6 Å². The lowest BCUT2D eigenvalue weighted by molar-refractivity contribution is 0.190. The number of rotatable bonds is 3. The summed E-state index contributed by atoms with van der Waals surface area (Å²) in [5, 5.41) is 0. The summed E-state index contributed by atoms with van der Waals surface area (Å²) < 4.78 is 5.83. The number of benzene rings is 1. The Hall–Kier alpha value is -1.75. The lowest BCUT2D eigenvalue weighted by atomic mass is 10.2. The topological polar surface area (TPSA) is 58.5 Å². The van der Waals surface area contributed by atoms with E-state index in [1.807, 2.05) is 18.2 Å². The smallest absolute Gasteiger partial charge is 0.298 e. The highest BCUT2D eigenvalue weighted by Gasteiger charge is 2.23. The quantitative estimate of drug-likeness (QED) is 0.871. The SMILES string of the molecule is CCC(C)N1CCN(c2nc3c(N)cccc3o2)CC1. The zero-order chi connectivity index (χ0) is 14.1. The highest BCUT2D eigenvalue weighted by Crippen LogP contribution is 2.26. The molecule has 5 heteroatoms. The van der Waals surface area contributed by atoms with E-state index in [9.17, 15) is 0 Å². The Labute approximate surface area is 119 Å². The van der Waals surface area contributed by atoms with Crippen LogP contribution in [0.3, 0.4) is 0 Å². The molecule has 1 saturated heterocycles. The predicted molar refractivity (Wildman–Crippen MR) is 82.0 cm³/mol. The summed E-state index contributed by atoms with van der Waals surface area (Å²) in [7, 11) is 0. The van der Waals surface area contributed by atoms with Gasteiger partial charge in [0, 0.05) is 32.2 Å². The van der Waals surface area contributed by atoms with Gasteiger partial charge in [0.05, 0.1) is 5.69 Å². The van der Waals surface area contributed by atoms with E-state index in [0.717, 1.165) is 37.3 Å². The van der Waals surface area contributed by atoms with Crippen LogP contribution in [0.4, 0.5) is 11.7 Å². The third-order valence-corrected chi connectivity index (χ3v) is 4.24. The number of para-hydroxylation sites is 1. The lowest BCUT2D eigenvalue weighted by Gasteiger charge is -2.37. The van der Waals surface area contributed by atoms with Crippen LogP contribution in [0.5, 0.6) is 0 Å². The zero-order valence-electron chi connectivity index (χ0n) is 12.2. The van der Waals surface area contributed by atoms with Gasteiger partial charge in [0.15, 0.2) is 5.58 Å². The molecule has 1 unspecified atom stereocenters. The van der Waals surface area contributed by atoms with Crippen LogP contribution in [0.25, 0.3) is 11.1 Å². The first-order chi connectivity index (χ1) is 9.69. The predicted octanol–water partition coefficient (Wildman–Crippen LogP) is 2.33. The van der Waals surface area contributed by atoms with Crippen LogP contribution < -0.4 is 10.6 Å². The monoisotopic (exact) mass is 274 g/mol. The summed E-state index contributed by atoms with van der Waals surface area (Å²) in [6.07, 6.45) is 1.19. The molecule has 1 aliphatic rings. The van der Waals surface area contributed by atoms with Gasteiger partial charge in [-0.05, 0) is 25.5 Å². The number of hydrogen-bond acceptors (Lipinski definition) is 5. The van der Waals surface area contributed by atoms with E-state index < -0.39 is 0 Å². The summed E-state index contributed by atoms with van der Waals surface area (Å²) >= 11 is 0. The molecule has 1 atom stereocenters. The Morgan fingerprint density at radius 3 is 2.70 bits per heavy atom. The molecule has 1 aliphatic heterocycles. The highest BCUT2D eigenvalue weighted by atomic mass is 16.4. The molecule has 1 fully saturated rings. The molecule has 5 nitrogen and oxygen atoms in total. The van der Waals surface area contributed by atoms with Gasteiger partial charge in [0.1, 0.15) is 5.52 Å². The van der Waals surface area contributed by atoms with Gasteiger partial charge in [-0.2, -0.15) is 4.98 Å². The maximum atomic E-state index is 5.93. The molecule has 1 aromatic carbocycles. The molecule has 0 radical (unpaired) electrons. The van der Waals surface area contributed by atoms with E-state index in [-0.39, 0.29) is 0 Å². The number of oxazole rings is 1. The van der Waals surface area contributed by atoms with Crippen LogP contribution in [0.15, 0.2) is 22.6 Å². The second kappa shape index (κ2) is 5.32. The molecular weight excluding hydrogens is 252 g/mol. The molecule has 0 amide bonds. The summed E-state index contributed by atoms with van der Waals surface area (Å²) in [5.41, 5.74) is 8.14. The van der Waals surface area contributed by atoms with Gasteiger partial charge in [0.25, 0.3) is 6.01 Å². The Morgan fingerprint density at radius 1 is 1.30 bits per heavy atom. The molecule has 20 heavy (non-hydrogen) atoms. The first-order valence-corrected chi connectivity index (χ1v) is 7.33. The number of fused-ring (bicyclic) bond motifs is 1. The Kier molecular flexibility index (Phi) is 3.53. The minimum absolute atomic E-state index is 0.649. The van der Waals surface area contributed by atoms with Crippen LogP contribution in [0.2, 0.25) is 0 Å². The van der Waals surface area contributed by atoms with Gasteiger partial charge in [-0.3, -0.25) is 4.90 Å². The van der Waals surface area contributed by atoms with E-state index in [1.165, 1.54) is 6.42 Å². The molecule has 1 aromatic heterocycles. The Bertz CT molecular complexity index is 587. The van der Waals surface area contributed by atoms with Crippen molar-refractivity contribution in [3.8, 4) is 0 Å². The van der Waals surface area contributed by atoms with Crippen molar-refractivity contribution >= 4 is 22.8 Å². The molecular formula is C15H22N4O. The van der Waals surface area contributed by atoms with Crippen LogP contribution in [-0.2, 0) is 0 Å². The summed E-state index contributed by atoms with van der Waals surface area (Å²) in [6, 6.07) is 7.01. The number of piperazine rings is 1. The fourth-order valence-electron chi connectivity index (χ4n) is 2.71. The van der Waals surface area contributed by atoms with Gasteiger partial charge in [-0.1, -0.05) is 13.0 Å². The third kappa shape index (κ3) is 2.33. The minimum atomic E-state index is 0.649. The first kappa shape index (κ1) is 13.2. The minimum Gasteiger partial charge on any atom is -0.423 e. The zero-order valence-corrected chi connectivity index (χ0v) is 12.2. The normalized spacial score (nSPS) is 18.6. The van der Waals surface area contributed by atoms with Gasteiger partial charge in [0.2, 0.25) is 0 Å². The molecule has 0 bridgehead atoms.